The predicted octanol–water partition coefficient (Wildman–Crippen LogP) is 1.91. The fourth-order valence-electron chi connectivity index (χ4n) is 0.592. The Labute approximate surface area is 61.9 Å². The van der Waals surface area contributed by atoms with Gasteiger partial charge in [-0.1, -0.05) is 6.58 Å². The zero-order valence-electron chi connectivity index (χ0n) is 6.64. The van der Waals surface area contributed by atoms with Gasteiger partial charge in [-0.15, -0.1) is 0 Å². The molecule has 0 radical (unpaired) electrons. The smallest absolute Gasteiger partial charge is 0.130 e. The lowest BCUT2D eigenvalue weighted by atomic mass is 10.2. The van der Waals surface area contributed by atoms with E-state index in [1.54, 1.807) is 6.92 Å². The Bertz CT molecular complexity index is 127. The summed E-state index contributed by atoms with van der Waals surface area (Å²) in [7, 11) is 0. The van der Waals surface area contributed by atoms with Crippen LogP contribution in [-0.2, 0) is 9.53 Å². The first kappa shape index (κ1) is 9.21. The van der Waals surface area contributed by atoms with Gasteiger partial charge >= 0.3 is 0 Å². The molecule has 0 saturated heterocycles. The van der Waals surface area contributed by atoms with Crippen molar-refractivity contribution in [2.45, 2.75) is 26.7 Å². The Hall–Kier alpha value is -0.790. The quantitative estimate of drug-likeness (QED) is 0.548. The molecule has 0 aliphatic rings. The van der Waals surface area contributed by atoms with Crippen molar-refractivity contribution in [1.82, 2.24) is 0 Å². The topological polar surface area (TPSA) is 26.3 Å². The van der Waals surface area contributed by atoms with Crippen LogP contribution in [0.2, 0.25) is 0 Å². The molecule has 2 nitrogen and oxygen atoms in total. The van der Waals surface area contributed by atoms with Gasteiger partial charge in [-0.3, -0.25) is 0 Å². The van der Waals surface area contributed by atoms with Crippen molar-refractivity contribution in [2.24, 2.45) is 0 Å². The Kier molecular flexibility index (Phi) is 4.63. The average Bonchev–Trinajstić information content (AvgIpc) is 1.85. The molecular formula is C8H14O2. The number of carbonyl (C=O) groups is 1. The standard InChI is InChI=1S/C8H14O2/c1-4-10-8(3)6-5-7(2)9/h3-6H2,1-2H3. The summed E-state index contributed by atoms with van der Waals surface area (Å²) in [6, 6.07) is 0. The number of hydrogen-bond donors (Lipinski definition) is 0. The van der Waals surface area contributed by atoms with Gasteiger partial charge in [-0.05, 0) is 13.8 Å². The number of hydrogen-bond acceptors (Lipinski definition) is 2. The van der Waals surface area contributed by atoms with E-state index in [4.69, 9.17) is 4.74 Å². The molecule has 0 N–H and O–H groups in total. The predicted molar refractivity (Wildman–Crippen MR) is 40.7 cm³/mol. The normalized spacial score (nSPS) is 9.00. The Morgan fingerprint density at radius 3 is 2.50 bits per heavy atom. The van der Waals surface area contributed by atoms with Gasteiger partial charge in [0.2, 0.25) is 0 Å². The molecule has 0 unspecified atom stereocenters. The lowest BCUT2D eigenvalue weighted by Gasteiger charge is -2.03. The summed E-state index contributed by atoms with van der Waals surface area (Å²) in [5.74, 6) is 0.888. The molecule has 0 fully saturated rings. The molecular weight excluding hydrogens is 128 g/mol. The molecule has 0 atom stereocenters. The lowest BCUT2D eigenvalue weighted by Crippen LogP contribution is -1.94. The minimum absolute atomic E-state index is 0.181. The van der Waals surface area contributed by atoms with Gasteiger partial charge in [0.25, 0.3) is 0 Å². The van der Waals surface area contributed by atoms with Crippen LogP contribution in [0.15, 0.2) is 12.3 Å². The molecule has 0 amide bonds. The van der Waals surface area contributed by atoms with Gasteiger partial charge < -0.3 is 9.53 Å². The number of ketones is 1. The van der Waals surface area contributed by atoms with Gasteiger partial charge in [0.15, 0.2) is 0 Å². The van der Waals surface area contributed by atoms with Crippen molar-refractivity contribution in [2.75, 3.05) is 6.61 Å². The summed E-state index contributed by atoms with van der Waals surface area (Å²) in [6.45, 7) is 7.75. The van der Waals surface area contributed by atoms with E-state index in [1.807, 2.05) is 6.92 Å². The zero-order valence-corrected chi connectivity index (χ0v) is 6.64. The van der Waals surface area contributed by atoms with Crippen molar-refractivity contribution >= 4 is 5.78 Å². The largest absolute Gasteiger partial charge is 0.499 e. The van der Waals surface area contributed by atoms with Crippen LogP contribution in [0, 0.1) is 0 Å². The van der Waals surface area contributed by atoms with Crippen LogP contribution in [0.5, 0.6) is 0 Å². The second-order valence-corrected chi connectivity index (χ2v) is 2.17. The molecule has 0 aliphatic carbocycles. The van der Waals surface area contributed by atoms with Gasteiger partial charge in [0.05, 0.1) is 12.4 Å². The first-order valence-electron chi connectivity index (χ1n) is 3.46. The highest BCUT2D eigenvalue weighted by Gasteiger charge is 1.96. The first-order chi connectivity index (χ1) is 4.66. The number of allylic oxidation sites excluding steroid dienone is 1. The van der Waals surface area contributed by atoms with Crippen molar-refractivity contribution < 1.29 is 9.53 Å². The number of carbonyl (C=O) groups excluding carboxylic acids is 1. The highest BCUT2D eigenvalue weighted by Crippen LogP contribution is 2.03. The molecule has 0 aliphatic heterocycles. The Morgan fingerprint density at radius 1 is 1.50 bits per heavy atom. The third-order valence-corrected chi connectivity index (χ3v) is 1.10. The number of Topliss-reactive ketones (excluding diaryl/α,β-unsaturated/α-hetero) is 1. The maximum atomic E-state index is 10.5. The molecule has 0 aromatic carbocycles. The molecule has 0 bridgehead atoms. The molecule has 10 heavy (non-hydrogen) atoms. The summed E-state index contributed by atoms with van der Waals surface area (Å²) >= 11 is 0. The van der Waals surface area contributed by atoms with Crippen LogP contribution in [0.3, 0.4) is 0 Å². The van der Waals surface area contributed by atoms with Gasteiger partial charge in [-0.2, -0.15) is 0 Å². The molecule has 0 aromatic heterocycles. The summed E-state index contributed by atoms with van der Waals surface area (Å²) < 4.78 is 5.05. The summed E-state index contributed by atoms with van der Waals surface area (Å²) in [5, 5.41) is 0. The highest BCUT2D eigenvalue weighted by atomic mass is 16.5. The van der Waals surface area contributed by atoms with Gasteiger partial charge in [0.1, 0.15) is 5.78 Å². The summed E-state index contributed by atoms with van der Waals surface area (Å²) in [4.78, 5) is 10.5. The Morgan fingerprint density at radius 2 is 2.10 bits per heavy atom. The van der Waals surface area contributed by atoms with E-state index in [0.717, 1.165) is 0 Å². The molecule has 0 saturated carbocycles. The van der Waals surface area contributed by atoms with E-state index in [2.05, 4.69) is 6.58 Å². The van der Waals surface area contributed by atoms with Crippen LogP contribution in [-0.4, -0.2) is 12.4 Å². The van der Waals surface area contributed by atoms with Gasteiger partial charge in [-0.25, -0.2) is 0 Å². The zero-order chi connectivity index (χ0) is 7.98. The second kappa shape index (κ2) is 5.03. The van der Waals surface area contributed by atoms with E-state index in [9.17, 15) is 4.79 Å². The van der Waals surface area contributed by atoms with E-state index < -0.39 is 0 Å². The van der Waals surface area contributed by atoms with E-state index in [1.165, 1.54) is 0 Å². The third kappa shape index (κ3) is 5.35. The fraction of sp³-hybridized carbons (Fsp3) is 0.625. The highest BCUT2D eigenvalue weighted by molar-refractivity contribution is 5.75. The summed E-state index contributed by atoms with van der Waals surface area (Å²) in [5.41, 5.74) is 0. The van der Waals surface area contributed by atoms with E-state index in [-0.39, 0.29) is 5.78 Å². The van der Waals surface area contributed by atoms with Crippen LogP contribution in [0.1, 0.15) is 26.7 Å². The fourth-order valence-corrected chi connectivity index (χ4v) is 0.592. The molecule has 2 heteroatoms. The van der Waals surface area contributed by atoms with Crippen LogP contribution in [0.4, 0.5) is 0 Å². The lowest BCUT2D eigenvalue weighted by molar-refractivity contribution is -0.117. The molecule has 58 valence electrons. The van der Waals surface area contributed by atoms with Crippen molar-refractivity contribution in [3.8, 4) is 0 Å². The van der Waals surface area contributed by atoms with Crippen LogP contribution >= 0.6 is 0 Å². The minimum atomic E-state index is 0.181. The van der Waals surface area contributed by atoms with Crippen molar-refractivity contribution in [1.29, 1.82) is 0 Å². The van der Waals surface area contributed by atoms with Crippen molar-refractivity contribution in [3.63, 3.8) is 0 Å². The first-order valence-corrected chi connectivity index (χ1v) is 3.46. The van der Waals surface area contributed by atoms with Gasteiger partial charge in [0, 0.05) is 12.8 Å². The number of ether oxygens (including phenoxy) is 1. The molecule has 0 aromatic rings. The van der Waals surface area contributed by atoms with E-state index >= 15 is 0 Å². The number of rotatable bonds is 5. The van der Waals surface area contributed by atoms with Crippen LogP contribution < -0.4 is 0 Å². The molecule has 0 heterocycles. The van der Waals surface area contributed by atoms with Crippen LogP contribution in [0.25, 0.3) is 0 Å². The average molecular weight is 142 g/mol. The molecule has 0 rings (SSSR count). The second-order valence-electron chi connectivity index (χ2n) is 2.17. The molecule has 0 spiro atoms. The third-order valence-electron chi connectivity index (χ3n) is 1.10. The summed E-state index contributed by atoms with van der Waals surface area (Å²) in [6.07, 6.45) is 1.20. The monoisotopic (exact) mass is 142 g/mol. The van der Waals surface area contributed by atoms with E-state index in [0.29, 0.717) is 25.2 Å². The Balaban J connectivity index is 3.30. The SMILES string of the molecule is C=C(CCC(C)=O)OCC. The maximum Gasteiger partial charge on any atom is 0.130 e. The van der Waals surface area contributed by atoms with Crippen molar-refractivity contribution in [3.05, 3.63) is 12.3 Å². The minimum Gasteiger partial charge on any atom is -0.499 e. The maximum absolute atomic E-state index is 10.5.